The second-order valence-electron chi connectivity index (χ2n) is 13.3. The number of likely N-dealkylation sites (N-methyl/N-ethyl adjacent to an activating group) is 1. The smallest absolute Gasteiger partial charge is 0.335 e. The summed E-state index contributed by atoms with van der Waals surface area (Å²) in [4.78, 5) is 14.6. The second-order valence-corrected chi connectivity index (χ2v) is 13.3. The molecule has 0 spiro atoms. The molecule has 5 aromatic carbocycles. The molecule has 0 aliphatic heterocycles. The quantitative estimate of drug-likeness (QED) is 0.111. The van der Waals surface area contributed by atoms with Crippen LogP contribution in [0.4, 0.5) is 0 Å². The summed E-state index contributed by atoms with van der Waals surface area (Å²) in [5, 5.41) is 0. The van der Waals surface area contributed by atoms with E-state index in [4.69, 9.17) is 14.2 Å². The van der Waals surface area contributed by atoms with E-state index in [1.54, 1.807) is 6.92 Å². The number of aryl methyl sites for hydroxylation is 2. The lowest BCUT2D eigenvalue weighted by molar-refractivity contribution is -0.154. The van der Waals surface area contributed by atoms with Gasteiger partial charge in [0.1, 0.15) is 12.4 Å². The Kier molecular flexibility index (Phi) is 11.8. The number of benzene rings is 5. The Balaban J connectivity index is 1.22. The number of hydrogen-bond donors (Lipinski definition) is 0. The van der Waals surface area contributed by atoms with Crippen molar-refractivity contribution in [2.24, 2.45) is 0 Å². The number of hydrogen-bond acceptors (Lipinski definition) is 5. The Hall–Kier alpha value is -4.71. The number of nitrogens with zero attached hydrogens (tertiary/aromatic N) is 1. The molecule has 0 radical (unpaired) electrons. The number of methoxy groups -OCH3 is 1. The van der Waals surface area contributed by atoms with Gasteiger partial charge in [-0.15, -0.1) is 0 Å². The Morgan fingerprint density at radius 1 is 0.760 bits per heavy atom. The molecule has 0 bridgehead atoms. The van der Waals surface area contributed by atoms with E-state index in [1.807, 2.05) is 24.3 Å². The van der Waals surface area contributed by atoms with Crippen molar-refractivity contribution in [3.8, 4) is 5.75 Å². The van der Waals surface area contributed by atoms with Crippen molar-refractivity contribution in [1.29, 1.82) is 0 Å². The van der Waals surface area contributed by atoms with E-state index in [2.05, 4.69) is 116 Å². The molecule has 5 heteroatoms. The number of carbonyl (C=O) groups excluding carboxylic acids is 1. The summed E-state index contributed by atoms with van der Waals surface area (Å²) in [5.41, 5.74) is 12.0. The molecule has 0 saturated carbocycles. The first kappa shape index (κ1) is 35.1. The highest BCUT2D eigenvalue weighted by Crippen LogP contribution is 2.39. The average molecular weight is 668 g/mol. The van der Waals surface area contributed by atoms with Crippen LogP contribution in [0.5, 0.6) is 5.75 Å². The molecule has 0 aromatic heterocycles. The molecular formula is C45H49NO4. The van der Waals surface area contributed by atoms with Gasteiger partial charge < -0.3 is 14.2 Å². The van der Waals surface area contributed by atoms with Crippen LogP contribution in [0, 0.1) is 0 Å². The van der Waals surface area contributed by atoms with Crippen LogP contribution in [0.2, 0.25) is 0 Å². The van der Waals surface area contributed by atoms with Crippen LogP contribution in [0.3, 0.4) is 0 Å². The number of carbonyl (C=O) groups is 1. The fourth-order valence-electron chi connectivity index (χ4n) is 7.17. The highest BCUT2D eigenvalue weighted by molar-refractivity contribution is 5.75. The van der Waals surface area contributed by atoms with E-state index in [9.17, 15) is 4.79 Å². The first-order valence-corrected chi connectivity index (χ1v) is 17.9. The number of esters is 1. The molecule has 5 nitrogen and oxygen atoms in total. The van der Waals surface area contributed by atoms with Crippen molar-refractivity contribution >= 4 is 5.97 Å². The molecule has 5 aromatic rings. The lowest BCUT2D eigenvalue weighted by Gasteiger charge is -2.31. The maximum atomic E-state index is 12.2. The van der Waals surface area contributed by atoms with E-state index in [-0.39, 0.29) is 12.0 Å². The molecular weight excluding hydrogens is 618 g/mol. The van der Waals surface area contributed by atoms with Gasteiger partial charge in [-0.2, -0.15) is 0 Å². The van der Waals surface area contributed by atoms with Gasteiger partial charge in [-0.1, -0.05) is 116 Å². The fraction of sp³-hybridized carbons (Fsp3) is 0.311. The lowest BCUT2D eigenvalue weighted by atomic mass is 9.87. The Morgan fingerprint density at radius 3 is 2.18 bits per heavy atom. The van der Waals surface area contributed by atoms with Crippen LogP contribution >= 0.6 is 0 Å². The van der Waals surface area contributed by atoms with Crippen LogP contribution in [-0.4, -0.2) is 50.9 Å². The van der Waals surface area contributed by atoms with Crippen molar-refractivity contribution in [3.05, 3.63) is 171 Å². The van der Waals surface area contributed by atoms with Gasteiger partial charge >= 0.3 is 5.97 Å². The number of rotatable bonds is 14. The predicted molar refractivity (Wildman–Crippen MR) is 201 cm³/mol. The third kappa shape index (κ3) is 8.53. The first-order valence-electron chi connectivity index (χ1n) is 17.9. The van der Waals surface area contributed by atoms with Gasteiger partial charge in [0, 0.05) is 26.0 Å². The Morgan fingerprint density at radius 2 is 1.46 bits per heavy atom. The molecule has 258 valence electrons. The van der Waals surface area contributed by atoms with Gasteiger partial charge in [-0.3, -0.25) is 4.90 Å². The molecule has 1 aliphatic carbocycles. The first-order chi connectivity index (χ1) is 24.4. The zero-order valence-electron chi connectivity index (χ0n) is 29.8. The maximum absolute atomic E-state index is 12.2. The molecule has 0 amide bonds. The number of fused-ring (bicyclic) bond motifs is 2. The van der Waals surface area contributed by atoms with Gasteiger partial charge in [0.05, 0.1) is 12.6 Å². The van der Waals surface area contributed by atoms with Crippen molar-refractivity contribution in [3.63, 3.8) is 0 Å². The molecule has 1 aliphatic rings. The molecule has 3 atom stereocenters. The Bertz CT molecular complexity index is 1840. The molecule has 0 saturated heterocycles. The second kappa shape index (κ2) is 16.8. The summed E-state index contributed by atoms with van der Waals surface area (Å²) in [6.07, 6.45) is 2.81. The van der Waals surface area contributed by atoms with Gasteiger partial charge in [0.15, 0.2) is 6.10 Å². The minimum atomic E-state index is -0.619. The summed E-state index contributed by atoms with van der Waals surface area (Å²) < 4.78 is 16.8. The monoisotopic (exact) mass is 667 g/mol. The molecule has 0 heterocycles. The largest absolute Gasteiger partial charge is 0.492 e. The summed E-state index contributed by atoms with van der Waals surface area (Å²) >= 11 is 0. The van der Waals surface area contributed by atoms with E-state index >= 15 is 0 Å². The minimum Gasteiger partial charge on any atom is -0.492 e. The van der Waals surface area contributed by atoms with Crippen LogP contribution in [0.1, 0.15) is 75.9 Å². The van der Waals surface area contributed by atoms with Gasteiger partial charge in [-0.25, -0.2) is 4.79 Å². The van der Waals surface area contributed by atoms with Crippen molar-refractivity contribution in [1.82, 2.24) is 4.90 Å². The third-order valence-corrected chi connectivity index (χ3v) is 10.0. The van der Waals surface area contributed by atoms with Crippen molar-refractivity contribution < 1.29 is 19.0 Å². The van der Waals surface area contributed by atoms with Gasteiger partial charge in [0.25, 0.3) is 0 Å². The average Bonchev–Trinajstić information content (AvgIpc) is 3.31. The molecule has 6 rings (SSSR count). The van der Waals surface area contributed by atoms with Crippen LogP contribution in [0.25, 0.3) is 0 Å². The third-order valence-electron chi connectivity index (χ3n) is 10.0. The molecule has 0 fully saturated rings. The van der Waals surface area contributed by atoms with E-state index in [0.29, 0.717) is 25.6 Å². The summed E-state index contributed by atoms with van der Waals surface area (Å²) in [7, 11) is 3.76. The highest BCUT2D eigenvalue weighted by Gasteiger charge is 2.28. The van der Waals surface area contributed by atoms with E-state index in [1.165, 1.54) is 51.6 Å². The van der Waals surface area contributed by atoms with Gasteiger partial charge in [0.2, 0.25) is 0 Å². The predicted octanol–water partition coefficient (Wildman–Crippen LogP) is 8.75. The van der Waals surface area contributed by atoms with Crippen LogP contribution in [0.15, 0.2) is 121 Å². The van der Waals surface area contributed by atoms with Gasteiger partial charge in [-0.05, 0) is 95.4 Å². The fourth-order valence-corrected chi connectivity index (χ4v) is 7.17. The SMILES string of the molecule is CCOC(=O)C(Cc1ccc(OCCN(C)C2c3ccc(Cc4ccccc4)cc3CCc3ccc(C(C)c4ccccc4)cc32)cc1)OC. The van der Waals surface area contributed by atoms with E-state index < -0.39 is 6.10 Å². The minimum absolute atomic E-state index is 0.107. The summed E-state index contributed by atoms with van der Waals surface area (Å²) in [6, 6.07) is 43.9. The highest BCUT2D eigenvalue weighted by atomic mass is 16.6. The summed E-state index contributed by atoms with van der Waals surface area (Å²) in [5.74, 6) is 0.763. The standard InChI is InChI=1S/C45H49NO4/c1-5-49-45(47)43(48-4)30-34-16-23-40(24-17-34)50-27-26-46(3)44-41-25-18-35(28-33-12-8-6-9-13-33)29-39(41)22-20-37-19-21-38(31-42(37)44)32(2)36-14-10-7-11-15-36/h6-19,21,23-25,29,31-32,43-44H,5,20,22,26-28,30H2,1-4H3. The Labute approximate surface area is 297 Å². The number of ether oxygens (including phenoxy) is 3. The van der Waals surface area contributed by atoms with Crippen LogP contribution in [-0.2, 0) is 40.0 Å². The zero-order valence-corrected chi connectivity index (χ0v) is 29.8. The van der Waals surface area contributed by atoms with Crippen molar-refractivity contribution in [2.45, 2.75) is 57.6 Å². The lowest BCUT2D eigenvalue weighted by Crippen LogP contribution is -2.30. The van der Waals surface area contributed by atoms with Crippen LogP contribution < -0.4 is 4.74 Å². The molecule has 3 unspecified atom stereocenters. The van der Waals surface area contributed by atoms with Crippen molar-refractivity contribution in [2.75, 3.05) is 33.9 Å². The molecule has 50 heavy (non-hydrogen) atoms. The molecule has 0 N–H and O–H groups in total. The topological polar surface area (TPSA) is 48.0 Å². The normalized spacial score (nSPS) is 15.0. The zero-order chi connectivity index (χ0) is 34.9. The summed E-state index contributed by atoms with van der Waals surface area (Å²) in [6.45, 7) is 5.74. The maximum Gasteiger partial charge on any atom is 0.335 e. The van der Waals surface area contributed by atoms with E-state index in [0.717, 1.165) is 37.1 Å².